The highest BCUT2D eigenvalue weighted by Gasteiger charge is 2.23. The number of amides is 2. The lowest BCUT2D eigenvalue weighted by Gasteiger charge is -2.26. The van der Waals surface area contributed by atoms with E-state index in [9.17, 15) is 9.59 Å². The van der Waals surface area contributed by atoms with Gasteiger partial charge in [-0.25, -0.2) is 4.98 Å². The molecule has 3 aromatic rings. The summed E-state index contributed by atoms with van der Waals surface area (Å²) in [7, 11) is 3.34. The van der Waals surface area contributed by atoms with Gasteiger partial charge in [-0.15, -0.1) is 11.3 Å². The Hall–Kier alpha value is -3.39. The standard InChI is InChI=1S/C22H21N3O4S/c1-13-21(15-6-9-18-17(11-15)25(2)20(27)12-29-18)24-22(30-13)23-19(26)10-14-4-7-16(28-3)8-5-14/h4-9,11H,10,12H2,1-3H3,(H,23,24,26). The molecule has 1 aliphatic heterocycles. The number of nitrogens with zero attached hydrogens (tertiary/aromatic N) is 2. The van der Waals surface area contributed by atoms with Crippen molar-refractivity contribution < 1.29 is 19.1 Å². The lowest BCUT2D eigenvalue weighted by atomic mass is 10.1. The van der Waals surface area contributed by atoms with Gasteiger partial charge in [0.15, 0.2) is 11.7 Å². The Kier molecular flexibility index (Phi) is 5.41. The van der Waals surface area contributed by atoms with Crippen LogP contribution in [0.3, 0.4) is 0 Å². The Morgan fingerprint density at radius 3 is 2.77 bits per heavy atom. The minimum atomic E-state index is -0.135. The van der Waals surface area contributed by atoms with Crippen molar-refractivity contribution in [2.75, 3.05) is 31.0 Å². The van der Waals surface area contributed by atoms with Gasteiger partial charge >= 0.3 is 0 Å². The van der Waals surface area contributed by atoms with E-state index in [1.54, 1.807) is 19.1 Å². The third-order valence-electron chi connectivity index (χ3n) is 4.89. The number of aryl methyl sites for hydroxylation is 1. The molecule has 0 radical (unpaired) electrons. The molecule has 0 aliphatic carbocycles. The zero-order valence-corrected chi connectivity index (χ0v) is 17.7. The van der Waals surface area contributed by atoms with E-state index in [-0.39, 0.29) is 24.8 Å². The third-order valence-corrected chi connectivity index (χ3v) is 5.77. The molecule has 7 nitrogen and oxygen atoms in total. The summed E-state index contributed by atoms with van der Waals surface area (Å²) in [4.78, 5) is 31.5. The zero-order chi connectivity index (χ0) is 21.3. The Morgan fingerprint density at radius 2 is 2.03 bits per heavy atom. The SMILES string of the molecule is COc1ccc(CC(=O)Nc2nc(-c3ccc4c(c3)N(C)C(=O)CO4)c(C)s2)cc1. The number of likely N-dealkylation sites (N-methyl/N-ethyl adjacent to an activating group) is 1. The van der Waals surface area contributed by atoms with Gasteiger partial charge in [-0.2, -0.15) is 0 Å². The fourth-order valence-corrected chi connectivity index (χ4v) is 4.08. The van der Waals surface area contributed by atoms with Gasteiger partial charge in [0.1, 0.15) is 11.5 Å². The Labute approximate surface area is 178 Å². The van der Waals surface area contributed by atoms with Gasteiger partial charge in [-0.1, -0.05) is 12.1 Å². The molecule has 0 saturated carbocycles. The molecule has 1 N–H and O–H groups in total. The van der Waals surface area contributed by atoms with Gasteiger partial charge in [0.05, 0.1) is 24.9 Å². The van der Waals surface area contributed by atoms with E-state index in [2.05, 4.69) is 10.3 Å². The summed E-state index contributed by atoms with van der Waals surface area (Å²) in [6.45, 7) is 2.00. The molecule has 0 bridgehead atoms. The maximum Gasteiger partial charge on any atom is 0.264 e. The van der Waals surface area contributed by atoms with Crippen LogP contribution in [-0.4, -0.2) is 37.6 Å². The van der Waals surface area contributed by atoms with E-state index in [1.165, 1.54) is 11.3 Å². The number of thiazole rings is 1. The lowest BCUT2D eigenvalue weighted by molar-refractivity contribution is -0.121. The monoisotopic (exact) mass is 423 g/mol. The second kappa shape index (κ2) is 8.16. The quantitative estimate of drug-likeness (QED) is 0.677. The van der Waals surface area contributed by atoms with Crippen molar-refractivity contribution in [3.05, 3.63) is 52.9 Å². The number of carbonyl (C=O) groups excluding carboxylic acids is 2. The molecule has 30 heavy (non-hydrogen) atoms. The summed E-state index contributed by atoms with van der Waals surface area (Å²) in [5, 5.41) is 3.42. The number of anilines is 2. The Morgan fingerprint density at radius 1 is 1.27 bits per heavy atom. The Balaban J connectivity index is 1.50. The van der Waals surface area contributed by atoms with E-state index in [0.29, 0.717) is 16.6 Å². The maximum atomic E-state index is 12.4. The van der Waals surface area contributed by atoms with Gasteiger partial charge in [-0.05, 0) is 42.8 Å². The van der Waals surface area contributed by atoms with Crippen LogP contribution in [0.5, 0.6) is 11.5 Å². The van der Waals surface area contributed by atoms with E-state index in [4.69, 9.17) is 9.47 Å². The number of aromatic nitrogens is 1. The highest BCUT2D eigenvalue weighted by atomic mass is 32.1. The van der Waals surface area contributed by atoms with Gasteiger partial charge in [-0.3, -0.25) is 9.59 Å². The van der Waals surface area contributed by atoms with Crippen molar-refractivity contribution in [3.8, 4) is 22.8 Å². The van der Waals surface area contributed by atoms with Crippen LogP contribution in [0.2, 0.25) is 0 Å². The van der Waals surface area contributed by atoms with E-state index < -0.39 is 0 Å². The number of benzene rings is 2. The van der Waals surface area contributed by atoms with Crippen LogP contribution in [0.15, 0.2) is 42.5 Å². The van der Waals surface area contributed by atoms with Crippen molar-refractivity contribution in [1.29, 1.82) is 0 Å². The van der Waals surface area contributed by atoms with Gasteiger partial charge in [0.2, 0.25) is 5.91 Å². The molecule has 1 aromatic heterocycles. The highest BCUT2D eigenvalue weighted by Crippen LogP contribution is 2.37. The van der Waals surface area contributed by atoms with Gasteiger partial charge in [0.25, 0.3) is 5.91 Å². The first-order valence-corrected chi connectivity index (χ1v) is 10.2. The van der Waals surface area contributed by atoms with Crippen LogP contribution >= 0.6 is 11.3 Å². The Bertz CT molecular complexity index is 1110. The van der Waals surface area contributed by atoms with Crippen LogP contribution in [0.4, 0.5) is 10.8 Å². The number of nitrogens with one attached hydrogen (secondary N) is 1. The smallest absolute Gasteiger partial charge is 0.264 e. The van der Waals surface area contributed by atoms with Gasteiger partial charge in [0, 0.05) is 17.5 Å². The van der Waals surface area contributed by atoms with Crippen molar-refractivity contribution in [1.82, 2.24) is 4.98 Å². The molecule has 8 heteroatoms. The molecule has 0 atom stereocenters. The predicted molar refractivity (Wildman–Crippen MR) is 117 cm³/mol. The summed E-state index contributed by atoms with van der Waals surface area (Å²) in [5.41, 5.74) is 3.24. The van der Waals surface area contributed by atoms with Crippen LogP contribution < -0.4 is 19.7 Å². The summed E-state index contributed by atoms with van der Waals surface area (Å²) in [6.07, 6.45) is 0.251. The number of hydrogen-bond acceptors (Lipinski definition) is 6. The summed E-state index contributed by atoms with van der Waals surface area (Å²) >= 11 is 1.42. The lowest BCUT2D eigenvalue weighted by Crippen LogP contribution is -2.35. The molecule has 0 unspecified atom stereocenters. The molecule has 0 spiro atoms. The summed E-state index contributed by atoms with van der Waals surface area (Å²) in [6, 6.07) is 13.0. The molecule has 1 aliphatic rings. The summed E-state index contributed by atoms with van der Waals surface area (Å²) in [5.74, 6) is 1.19. The first kappa shape index (κ1) is 19.9. The van der Waals surface area contributed by atoms with Gasteiger partial charge < -0.3 is 19.7 Å². The van der Waals surface area contributed by atoms with Crippen LogP contribution in [0, 0.1) is 6.92 Å². The third kappa shape index (κ3) is 3.99. The number of carbonyl (C=O) groups is 2. The second-order valence-electron chi connectivity index (χ2n) is 6.92. The fourth-order valence-electron chi connectivity index (χ4n) is 3.23. The minimum absolute atomic E-state index is 0.0446. The molecule has 2 amide bonds. The molecule has 154 valence electrons. The minimum Gasteiger partial charge on any atom is -0.497 e. The summed E-state index contributed by atoms with van der Waals surface area (Å²) < 4.78 is 10.6. The van der Waals surface area contributed by atoms with Crippen molar-refractivity contribution in [3.63, 3.8) is 0 Å². The van der Waals surface area contributed by atoms with Crippen molar-refractivity contribution in [2.45, 2.75) is 13.3 Å². The highest BCUT2D eigenvalue weighted by molar-refractivity contribution is 7.16. The van der Waals surface area contributed by atoms with E-state index in [1.807, 2.05) is 49.4 Å². The number of hydrogen-bond donors (Lipinski definition) is 1. The van der Waals surface area contributed by atoms with Crippen LogP contribution in [0.1, 0.15) is 10.4 Å². The topological polar surface area (TPSA) is 80.8 Å². The largest absolute Gasteiger partial charge is 0.497 e. The zero-order valence-electron chi connectivity index (χ0n) is 16.9. The number of methoxy groups -OCH3 is 1. The van der Waals surface area contributed by atoms with Crippen molar-refractivity contribution >= 4 is 34.0 Å². The molecule has 2 aromatic carbocycles. The molecular formula is C22H21N3O4S. The molecule has 2 heterocycles. The van der Waals surface area contributed by atoms with E-state index in [0.717, 1.165) is 27.4 Å². The fraction of sp³-hybridized carbons (Fsp3) is 0.227. The number of ether oxygens (including phenoxy) is 2. The average Bonchev–Trinajstić information content (AvgIpc) is 3.11. The molecule has 0 saturated heterocycles. The van der Waals surface area contributed by atoms with Crippen LogP contribution in [0.25, 0.3) is 11.3 Å². The number of fused-ring (bicyclic) bond motifs is 1. The maximum absolute atomic E-state index is 12.4. The molecular weight excluding hydrogens is 402 g/mol. The number of rotatable bonds is 5. The molecule has 0 fully saturated rings. The normalized spacial score (nSPS) is 12.9. The predicted octanol–water partition coefficient (Wildman–Crippen LogP) is 3.66. The first-order chi connectivity index (χ1) is 14.4. The van der Waals surface area contributed by atoms with Crippen LogP contribution in [-0.2, 0) is 16.0 Å². The van der Waals surface area contributed by atoms with Crippen molar-refractivity contribution in [2.24, 2.45) is 0 Å². The first-order valence-electron chi connectivity index (χ1n) is 9.38. The average molecular weight is 423 g/mol. The second-order valence-corrected chi connectivity index (χ2v) is 8.12. The van der Waals surface area contributed by atoms with E-state index >= 15 is 0 Å². The molecule has 4 rings (SSSR count).